The van der Waals surface area contributed by atoms with Crippen LogP contribution in [0.1, 0.15) is 59.2 Å². The number of nitrogens with zero attached hydrogens (tertiary/aromatic N) is 2. The van der Waals surface area contributed by atoms with E-state index in [4.69, 9.17) is 35.6 Å². The number of hydrogen-bond acceptors (Lipinski definition) is 10. The highest BCUT2D eigenvalue weighted by Gasteiger charge is 2.45. The van der Waals surface area contributed by atoms with Crippen molar-refractivity contribution in [2.75, 3.05) is 45.4 Å². The Balaban J connectivity index is 1.49. The van der Waals surface area contributed by atoms with Gasteiger partial charge in [-0.25, -0.2) is 13.2 Å². The molecule has 3 aromatic rings. The number of aryl methyl sites for hydroxylation is 1. The topological polar surface area (TPSA) is 121 Å². The van der Waals surface area contributed by atoms with E-state index in [0.29, 0.717) is 43.0 Å². The second kappa shape index (κ2) is 17.7. The van der Waals surface area contributed by atoms with Crippen molar-refractivity contribution in [3.05, 3.63) is 89.0 Å². The van der Waals surface area contributed by atoms with Crippen LogP contribution in [0.3, 0.4) is 0 Å². The molecule has 0 aliphatic carbocycles. The molecule has 1 amide bonds. The van der Waals surface area contributed by atoms with Crippen molar-refractivity contribution in [2.45, 2.75) is 68.7 Å². The number of piperidine rings is 1. The second-order valence-electron chi connectivity index (χ2n) is 12.5. The van der Waals surface area contributed by atoms with Crippen molar-refractivity contribution >= 4 is 54.6 Å². The smallest absolute Gasteiger partial charge is 0.337 e. The third kappa shape index (κ3) is 9.23. The third-order valence-electron chi connectivity index (χ3n) is 8.98. The molecule has 2 aliphatic rings. The summed E-state index contributed by atoms with van der Waals surface area (Å²) in [6.45, 7) is 5.05. The number of methoxy groups -OCH3 is 2. The zero-order chi connectivity index (χ0) is 36.5. The number of hydrogen-bond donors (Lipinski definition) is 0. The Labute approximate surface area is 308 Å². The van der Waals surface area contributed by atoms with Gasteiger partial charge in [-0.05, 0) is 85.6 Å². The van der Waals surface area contributed by atoms with Gasteiger partial charge in [-0.1, -0.05) is 49.2 Å². The van der Waals surface area contributed by atoms with Crippen LogP contribution in [0.4, 0.5) is 5.69 Å². The maximum atomic E-state index is 14.3. The maximum absolute atomic E-state index is 14.3. The Morgan fingerprint density at radius 3 is 2.49 bits per heavy atom. The number of ether oxygens (including phenoxy) is 4. The summed E-state index contributed by atoms with van der Waals surface area (Å²) in [6.07, 6.45) is 1.26. The van der Waals surface area contributed by atoms with Crippen LogP contribution in [0.2, 0.25) is 6.04 Å². The molecule has 2 aliphatic heterocycles. The summed E-state index contributed by atoms with van der Waals surface area (Å²) < 4.78 is 58.6. The third-order valence-corrected chi connectivity index (χ3v) is 12.4. The van der Waals surface area contributed by atoms with E-state index in [1.807, 2.05) is 37.3 Å². The summed E-state index contributed by atoms with van der Waals surface area (Å²) in [6, 6.07) is 19.5. The predicted octanol–water partition coefficient (Wildman–Crippen LogP) is 5.47. The molecule has 51 heavy (non-hydrogen) atoms. The standard InChI is InChI=1S/C37H44N2O9S2Si/c1-5-19-51-48-37(49)32-21-30(27-10-12-28(13-11-27)36(41)45-4)34(22-39(32)50(42,43)29-14-7-25(2)8-15-29)46-23-26-9-16-33-31(20-26)38(17-6-18-44-3)35(40)24-47-33/h7-16,20,30,32,34H,5-6,17-19,21-24H2,1-4H3/t30-,32+,34+/m1/s1. The molecule has 1 saturated heterocycles. The molecule has 5 rings (SSSR count). The van der Waals surface area contributed by atoms with E-state index in [-0.39, 0.29) is 51.3 Å². The summed E-state index contributed by atoms with van der Waals surface area (Å²) in [5.74, 6) is -0.299. The molecule has 2 radical (unpaired) electrons. The summed E-state index contributed by atoms with van der Waals surface area (Å²) in [4.78, 5) is 26.9. The molecule has 2 heterocycles. The number of thiocarbonyl (C=S) groups is 1. The Hall–Kier alpha value is -3.66. The molecule has 1 fully saturated rings. The first-order chi connectivity index (χ1) is 24.6. The van der Waals surface area contributed by atoms with E-state index >= 15 is 0 Å². The Bertz CT molecular complexity index is 1790. The molecule has 3 aromatic carbocycles. The molecule has 272 valence electrons. The lowest BCUT2D eigenvalue weighted by Gasteiger charge is -2.43. The van der Waals surface area contributed by atoms with E-state index in [9.17, 15) is 18.0 Å². The van der Waals surface area contributed by atoms with Gasteiger partial charge in [0.05, 0.1) is 42.0 Å². The van der Waals surface area contributed by atoms with Gasteiger partial charge in [0.1, 0.15) is 5.75 Å². The lowest BCUT2D eigenvalue weighted by Crippen LogP contribution is -2.55. The van der Waals surface area contributed by atoms with Crippen molar-refractivity contribution in [2.24, 2.45) is 0 Å². The highest BCUT2D eigenvalue weighted by atomic mass is 32.2. The molecule has 0 bridgehead atoms. The van der Waals surface area contributed by atoms with E-state index in [0.717, 1.165) is 29.2 Å². The minimum Gasteiger partial charge on any atom is -0.535 e. The Morgan fingerprint density at radius 2 is 1.80 bits per heavy atom. The fourth-order valence-electron chi connectivity index (χ4n) is 6.22. The van der Waals surface area contributed by atoms with Crippen molar-refractivity contribution in [3.63, 3.8) is 0 Å². The number of sulfonamides is 1. The summed E-state index contributed by atoms with van der Waals surface area (Å²) in [5.41, 5.74) is 3.64. The largest absolute Gasteiger partial charge is 0.535 e. The number of rotatable bonds is 15. The van der Waals surface area contributed by atoms with Gasteiger partial charge in [0.2, 0.25) is 10.0 Å². The van der Waals surface area contributed by atoms with Gasteiger partial charge in [-0.15, -0.1) is 0 Å². The zero-order valence-corrected chi connectivity index (χ0v) is 32.0. The molecular formula is C37H44N2O9S2Si. The van der Waals surface area contributed by atoms with Crippen LogP contribution in [0.25, 0.3) is 0 Å². The van der Waals surface area contributed by atoms with Crippen molar-refractivity contribution in [3.8, 4) is 5.75 Å². The summed E-state index contributed by atoms with van der Waals surface area (Å²) in [7, 11) is -0.961. The van der Waals surface area contributed by atoms with Crippen molar-refractivity contribution in [1.82, 2.24) is 4.31 Å². The molecule has 3 atom stereocenters. The highest BCUT2D eigenvalue weighted by Crippen LogP contribution is 2.39. The number of carbonyl (C=O) groups is 2. The normalized spacial score (nSPS) is 19.3. The lowest BCUT2D eigenvalue weighted by atomic mass is 9.84. The van der Waals surface area contributed by atoms with Crippen LogP contribution < -0.4 is 9.64 Å². The highest BCUT2D eigenvalue weighted by molar-refractivity contribution is 7.89. The number of anilines is 1. The average Bonchev–Trinajstić information content (AvgIpc) is 3.14. The van der Waals surface area contributed by atoms with Crippen LogP contribution in [-0.2, 0) is 40.1 Å². The number of benzene rings is 3. The first kappa shape index (κ1) is 38.6. The first-order valence-electron chi connectivity index (χ1n) is 16.9. The molecule has 0 N–H and O–H groups in total. The van der Waals surface area contributed by atoms with Crippen LogP contribution >= 0.6 is 12.2 Å². The molecular weight excluding hydrogens is 709 g/mol. The lowest BCUT2D eigenvalue weighted by molar-refractivity contribution is -0.121. The van der Waals surface area contributed by atoms with Crippen LogP contribution in [0, 0.1) is 6.92 Å². The summed E-state index contributed by atoms with van der Waals surface area (Å²) >= 11 is 5.80. The number of esters is 1. The summed E-state index contributed by atoms with van der Waals surface area (Å²) in [5, 5.41) is 0.222. The first-order valence-corrected chi connectivity index (χ1v) is 19.9. The number of amides is 1. The minimum atomic E-state index is -4.03. The SMILES string of the molecule is CCC[Si]OC(=S)[C@@H]1C[C@H](c2ccc(C(=O)OC)cc2)[C@@H](OCc2ccc3c(c2)N(CCCOC)C(=O)CO3)CN1S(=O)(=O)c1ccc(C)cc1. The molecule has 11 nitrogen and oxygen atoms in total. The van der Waals surface area contributed by atoms with Crippen molar-refractivity contribution < 1.29 is 41.4 Å². The van der Waals surface area contributed by atoms with E-state index in [1.165, 1.54) is 11.4 Å². The van der Waals surface area contributed by atoms with E-state index < -0.39 is 28.1 Å². The van der Waals surface area contributed by atoms with Crippen molar-refractivity contribution in [1.29, 1.82) is 0 Å². The molecule has 0 aromatic heterocycles. The maximum Gasteiger partial charge on any atom is 0.337 e. The Kier molecular flexibility index (Phi) is 13.4. The van der Waals surface area contributed by atoms with E-state index in [2.05, 4.69) is 6.92 Å². The van der Waals surface area contributed by atoms with Gasteiger partial charge >= 0.3 is 15.7 Å². The fourth-order valence-corrected chi connectivity index (χ4v) is 8.88. The molecule has 0 unspecified atom stereocenters. The van der Waals surface area contributed by atoms with Crippen LogP contribution in [0.5, 0.6) is 5.75 Å². The second-order valence-corrected chi connectivity index (χ2v) is 15.8. The van der Waals surface area contributed by atoms with Gasteiger partial charge in [-0.2, -0.15) is 4.31 Å². The zero-order valence-electron chi connectivity index (χ0n) is 29.3. The number of carbonyl (C=O) groups excluding carboxylic acids is 2. The monoisotopic (exact) mass is 752 g/mol. The van der Waals surface area contributed by atoms with Gasteiger partial charge in [0, 0.05) is 32.7 Å². The Morgan fingerprint density at radius 1 is 1.06 bits per heavy atom. The van der Waals surface area contributed by atoms with E-state index in [1.54, 1.807) is 48.4 Å². The van der Waals surface area contributed by atoms with Crippen LogP contribution in [0.15, 0.2) is 71.6 Å². The molecule has 0 spiro atoms. The molecule has 14 heteroatoms. The predicted molar refractivity (Wildman–Crippen MR) is 198 cm³/mol. The number of fused-ring (bicyclic) bond motifs is 1. The van der Waals surface area contributed by atoms with Gasteiger partial charge in [0.25, 0.3) is 5.91 Å². The van der Waals surface area contributed by atoms with Gasteiger partial charge in [0.15, 0.2) is 11.7 Å². The quantitative estimate of drug-likeness (QED) is 0.0856. The van der Waals surface area contributed by atoms with Crippen LogP contribution in [-0.4, -0.2) is 92.1 Å². The molecule has 0 saturated carbocycles. The van der Waals surface area contributed by atoms with Gasteiger partial charge < -0.3 is 28.3 Å². The fraction of sp³-hybridized carbons (Fsp3) is 0.432. The minimum absolute atomic E-state index is 0.000363. The van der Waals surface area contributed by atoms with Gasteiger partial charge in [-0.3, -0.25) is 4.79 Å². The average molecular weight is 753 g/mol.